The first-order chi connectivity index (χ1) is 21.9. The Labute approximate surface area is 254 Å². The molecule has 0 amide bonds. The van der Waals surface area contributed by atoms with Crippen LogP contribution in [0.5, 0.6) is 0 Å². The Morgan fingerprint density at radius 1 is 0.614 bits per heavy atom. The summed E-state index contributed by atoms with van der Waals surface area (Å²) >= 11 is 0. The summed E-state index contributed by atoms with van der Waals surface area (Å²) < 4.78 is 8.00. The van der Waals surface area contributed by atoms with Crippen molar-refractivity contribution in [1.82, 2.24) is 9.13 Å². The van der Waals surface area contributed by atoms with E-state index in [2.05, 4.69) is 135 Å². The second-order valence-corrected chi connectivity index (χ2v) is 13.4. The summed E-state index contributed by atoms with van der Waals surface area (Å²) in [4.78, 5) is 0. The average Bonchev–Trinajstić information content (AvgIpc) is 3.84. The Hall–Kier alpha value is -5.15. The van der Waals surface area contributed by atoms with Crippen LogP contribution in [0.3, 0.4) is 0 Å². The van der Waals surface area contributed by atoms with Crippen molar-refractivity contribution in [3.05, 3.63) is 138 Å². The van der Waals surface area contributed by atoms with Crippen molar-refractivity contribution in [2.75, 3.05) is 0 Å². The maximum atomic E-state index is 2.75. The summed E-state index contributed by atoms with van der Waals surface area (Å²) in [6, 6.07) is 43.7. The minimum Gasteiger partial charge on any atom is -0.308 e. The third-order valence-electron chi connectivity index (χ3n) is 11.8. The molecule has 44 heavy (non-hydrogen) atoms. The fraction of sp³-hybridized carbons (Fsp3) is 0.146. The van der Waals surface area contributed by atoms with Crippen molar-refractivity contribution in [3.63, 3.8) is 0 Å². The van der Waals surface area contributed by atoms with E-state index in [1.807, 2.05) is 0 Å². The molecule has 0 bridgehead atoms. The van der Waals surface area contributed by atoms with Crippen LogP contribution >= 0.6 is 0 Å². The average molecular weight is 563 g/mol. The Bertz CT molecular complexity index is 2600. The van der Waals surface area contributed by atoms with Gasteiger partial charge in [-0.05, 0) is 72.4 Å². The molecule has 3 unspecified atom stereocenters. The molecule has 4 aliphatic rings. The van der Waals surface area contributed by atoms with E-state index in [-0.39, 0.29) is 5.54 Å². The van der Waals surface area contributed by atoms with Crippen LogP contribution in [0.4, 0.5) is 0 Å². The molecule has 1 fully saturated rings. The number of rotatable bonds is 1. The van der Waals surface area contributed by atoms with Gasteiger partial charge >= 0.3 is 0 Å². The van der Waals surface area contributed by atoms with Gasteiger partial charge < -0.3 is 4.57 Å². The van der Waals surface area contributed by atoms with E-state index in [1.165, 1.54) is 91.1 Å². The van der Waals surface area contributed by atoms with E-state index in [1.54, 1.807) is 11.1 Å². The molecule has 1 spiro atoms. The van der Waals surface area contributed by atoms with Gasteiger partial charge in [0.25, 0.3) is 5.65 Å². The predicted octanol–water partition coefficient (Wildman–Crippen LogP) is 9.15. The number of aromatic nitrogens is 3. The summed E-state index contributed by atoms with van der Waals surface area (Å²) in [5.41, 5.74) is 15.0. The molecule has 3 aromatic heterocycles. The Kier molecular flexibility index (Phi) is 3.72. The summed E-state index contributed by atoms with van der Waals surface area (Å²) in [7, 11) is 0. The summed E-state index contributed by atoms with van der Waals surface area (Å²) in [5.74, 6) is 1.08. The van der Waals surface area contributed by atoms with Crippen LogP contribution in [0.25, 0.3) is 66.2 Å². The Morgan fingerprint density at radius 2 is 1.36 bits per heavy atom. The Balaban J connectivity index is 1.43. The largest absolute Gasteiger partial charge is 0.308 e. The van der Waals surface area contributed by atoms with Crippen molar-refractivity contribution in [3.8, 4) is 22.5 Å². The van der Waals surface area contributed by atoms with E-state index in [4.69, 9.17) is 0 Å². The molecule has 206 valence electrons. The molecule has 2 aliphatic carbocycles. The molecule has 3 atom stereocenters. The van der Waals surface area contributed by atoms with E-state index in [9.17, 15) is 0 Å². The first kappa shape index (κ1) is 22.4. The van der Waals surface area contributed by atoms with Gasteiger partial charge in [-0.1, -0.05) is 79.2 Å². The van der Waals surface area contributed by atoms with Gasteiger partial charge in [0.1, 0.15) is 5.52 Å². The van der Waals surface area contributed by atoms with Gasteiger partial charge in [0, 0.05) is 33.2 Å². The van der Waals surface area contributed by atoms with Crippen LogP contribution in [0.15, 0.2) is 121 Å². The van der Waals surface area contributed by atoms with E-state index >= 15 is 0 Å². The lowest BCUT2D eigenvalue weighted by molar-refractivity contribution is -0.730. The first-order valence-corrected chi connectivity index (χ1v) is 16.1. The van der Waals surface area contributed by atoms with Gasteiger partial charge in [-0.15, -0.1) is 0 Å². The maximum Gasteiger partial charge on any atom is 0.296 e. The number of hydrogen-bond donors (Lipinski definition) is 0. The lowest BCUT2D eigenvalue weighted by Crippen LogP contribution is -2.64. The second-order valence-electron chi connectivity index (χ2n) is 13.4. The van der Waals surface area contributed by atoms with Gasteiger partial charge in [-0.25, -0.2) is 4.57 Å². The molecule has 0 radical (unpaired) electrons. The van der Waals surface area contributed by atoms with E-state index in [0.717, 1.165) is 0 Å². The highest BCUT2D eigenvalue weighted by molar-refractivity contribution is 6.13. The van der Waals surface area contributed by atoms with E-state index < -0.39 is 0 Å². The van der Waals surface area contributed by atoms with Gasteiger partial charge in [-0.2, -0.15) is 4.57 Å². The molecule has 1 saturated carbocycles. The minimum atomic E-state index is -0.264. The lowest BCUT2D eigenvalue weighted by Gasteiger charge is -2.43. The van der Waals surface area contributed by atoms with Gasteiger partial charge in [0.2, 0.25) is 0 Å². The lowest BCUT2D eigenvalue weighted by atomic mass is 9.70. The molecule has 2 aliphatic heterocycles. The zero-order valence-electron chi connectivity index (χ0n) is 24.2. The van der Waals surface area contributed by atoms with Crippen molar-refractivity contribution in [2.45, 2.75) is 30.7 Å². The van der Waals surface area contributed by atoms with Crippen molar-refractivity contribution in [1.29, 1.82) is 0 Å². The third-order valence-corrected chi connectivity index (χ3v) is 11.8. The normalized spacial score (nSPS) is 21.9. The minimum absolute atomic E-state index is 0.264. The van der Waals surface area contributed by atoms with Crippen molar-refractivity contribution < 1.29 is 4.57 Å². The second kappa shape index (κ2) is 7.31. The standard InChI is InChI=1S/C41H28N3/c1-2-10-24(11-3-1)25-21-22-35-37-38(25)44-34-18-7-5-13-28(34)31-15-9-23-42(40(31)44)41(37)32-16-8-14-26(32)29-19-20-30-27-12-4-6-17-33(27)43(35)39(30)36(29)41/h1-7,9-13,15,17-23,26,32H,8,14,16H2/q+1. The van der Waals surface area contributed by atoms with Gasteiger partial charge in [0.05, 0.1) is 33.9 Å². The van der Waals surface area contributed by atoms with Crippen molar-refractivity contribution >= 4 is 43.7 Å². The maximum absolute atomic E-state index is 2.75. The molecule has 5 heterocycles. The van der Waals surface area contributed by atoms with Gasteiger partial charge in [0.15, 0.2) is 11.2 Å². The molecule has 8 aromatic rings. The van der Waals surface area contributed by atoms with Gasteiger partial charge in [-0.3, -0.25) is 0 Å². The number of hydrogen-bond acceptors (Lipinski definition) is 0. The Morgan fingerprint density at radius 3 is 2.23 bits per heavy atom. The number of pyridine rings is 1. The SMILES string of the molecule is c1ccc(-c2ccc3c4c2-n2c5ccccc5c5ccc[n+](c52)C42c4c(ccc5c6ccccc6n-3c45)C3CCCC32)cc1. The molecule has 5 aromatic carbocycles. The molecule has 0 N–H and O–H groups in total. The first-order valence-electron chi connectivity index (χ1n) is 16.1. The van der Waals surface area contributed by atoms with Crippen LogP contribution in [-0.4, -0.2) is 9.13 Å². The summed E-state index contributed by atoms with van der Waals surface area (Å²) in [5, 5.41) is 5.41. The number of para-hydroxylation sites is 2. The third kappa shape index (κ3) is 2.20. The van der Waals surface area contributed by atoms with E-state index in [0.29, 0.717) is 11.8 Å². The highest BCUT2D eigenvalue weighted by Crippen LogP contribution is 2.66. The quantitative estimate of drug-likeness (QED) is 0.177. The molecule has 3 nitrogen and oxygen atoms in total. The molecule has 0 saturated heterocycles. The zero-order chi connectivity index (χ0) is 28.3. The fourth-order valence-corrected chi connectivity index (χ4v) is 10.5. The monoisotopic (exact) mass is 562 g/mol. The smallest absolute Gasteiger partial charge is 0.296 e. The number of benzene rings is 5. The molecular formula is C41H28N3+. The summed E-state index contributed by atoms with van der Waals surface area (Å²) in [6.45, 7) is 0. The van der Waals surface area contributed by atoms with Crippen LogP contribution in [0.1, 0.15) is 41.9 Å². The highest BCUT2D eigenvalue weighted by atomic mass is 15.2. The predicted molar refractivity (Wildman–Crippen MR) is 177 cm³/mol. The van der Waals surface area contributed by atoms with Crippen LogP contribution in [-0.2, 0) is 5.54 Å². The van der Waals surface area contributed by atoms with Crippen LogP contribution in [0.2, 0.25) is 0 Å². The topological polar surface area (TPSA) is 13.7 Å². The van der Waals surface area contributed by atoms with Crippen LogP contribution < -0.4 is 4.57 Å². The van der Waals surface area contributed by atoms with Crippen molar-refractivity contribution in [2.24, 2.45) is 5.92 Å². The number of fused-ring (bicyclic) bond motifs is 10. The number of nitrogens with zero attached hydrogens (tertiary/aromatic N) is 3. The fourth-order valence-electron chi connectivity index (χ4n) is 10.5. The molecule has 12 rings (SSSR count). The molecular weight excluding hydrogens is 534 g/mol. The zero-order valence-corrected chi connectivity index (χ0v) is 24.2. The summed E-state index contributed by atoms with van der Waals surface area (Å²) in [6.07, 6.45) is 6.23. The van der Waals surface area contributed by atoms with Crippen LogP contribution in [0, 0.1) is 5.92 Å². The molecule has 3 heteroatoms. The highest BCUT2D eigenvalue weighted by Gasteiger charge is 2.66.